The fourth-order valence-electron chi connectivity index (χ4n) is 1.81. The van der Waals surface area contributed by atoms with Gasteiger partial charge in [-0.05, 0) is 30.9 Å². The predicted molar refractivity (Wildman–Crippen MR) is 87.8 cm³/mol. The minimum Gasteiger partial charge on any atom is -0.467 e. The number of nitrogens with two attached hydrogens (primary N) is 1. The van der Waals surface area contributed by atoms with Gasteiger partial charge in [0.2, 0.25) is 5.91 Å². The summed E-state index contributed by atoms with van der Waals surface area (Å²) in [5.41, 5.74) is 5.68. The summed E-state index contributed by atoms with van der Waals surface area (Å²) in [6.07, 6.45) is 5.38. The Labute approximate surface area is 135 Å². The van der Waals surface area contributed by atoms with Gasteiger partial charge >= 0.3 is 0 Å². The SMILES string of the molecule is I.NC(=NCC(=O)NCc1ccco1)NCC1CCC1. The van der Waals surface area contributed by atoms with Crippen LogP contribution in [0.15, 0.2) is 27.8 Å². The Balaban J connectivity index is 0.00000200. The lowest BCUT2D eigenvalue weighted by Gasteiger charge is -2.25. The third kappa shape index (κ3) is 5.81. The topological polar surface area (TPSA) is 92.6 Å². The van der Waals surface area contributed by atoms with Gasteiger partial charge in [-0.3, -0.25) is 4.79 Å². The van der Waals surface area contributed by atoms with Crippen molar-refractivity contribution in [2.45, 2.75) is 25.8 Å². The molecule has 112 valence electrons. The lowest BCUT2D eigenvalue weighted by molar-refractivity contribution is -0.119. The highest BCUT2D eigenvalue weighted by atomic mass is 127. The standard InChI is InChI=1S/C13H20N4O2.HI/c14-13(16-7-10-3-1-4-10)17-9-12(18)15-8-11-5-2-6-19-11;/h2,5-6,10H,1,3-4,7-9H2,(H,15,18)(H3,14,16,17);1H. The van der Waals surface area contributed by atoms with E-state index in [-0.39, 0.29) is 36.4 Å². The summed E-state index contributed by atoms with van der Waals surface area (Å²) in [7, 11) is 0. The molecule has 0 atom stereocenters. The fraction of sp³-hybridized carbons (Fsp3) is 0.538. The highest BCUT2D eigenvalue weighted by Crippen LogP contribution is 2.24. The van der Waals surface area contributed by atoms with Crippen LogP contribution < -0.4 is 16.4 Å². The Hall–Kier alpha value is -1.25. The minimum atomic E-state index is -0.176. The molecule has 1 saturated carbocycles. The molecule has 0 saturated heterocycles. The first-order chi connectivity index (χ1) is 9.24. The first-order valence-electron chi connectivity index (χ1n) is 6.57. The summed E-state index contributed by atoms with van der Waals surface area (Å²) in [4.78, 5) is 15.5. The molecule has 1 heterocycles. The Bertz CT molecular complexity index is 430. The Morgan fingerprint density at radius 2 is 2.25 bits per heavy atom. The highest BCUT2D eigenvalue weighted by molar-refractivity contribution is 14.0. The molecule has 1 fully saturated rings. The first kappa shape index (κ1) is 16.8. The molecular weight excluding hydrogens is 371 g/mol. The van der Waals surface area contributed by atoms with E-state index in [2.05, 4.69) is 15.6 Å². The number of guanidine groups is 1. The first-order valence-corrected chi connectivity index (χ1v) is 6.57. The van der Waals surface area contributed by atoms with Crippen molar-refractivity contribution in [3.63, 3.8) is 0 Å². The number of halogens is 1. The van der Waals surface area contributed by atoms with E-state index in [0.29, 0.717) is 24.2 Å². The molecule has 1 aliphatic carbocycles. The second kappa shape index (κ2) is 8.83. The molecule has 20 heavy (non-hydrogen) atoms. The maximum Gasteiger partial charge on any atom is 0.242 e. The van der Waals surface area contributed by atoms with Crippen LogP contribution in [0.1, 0.15) is 25.0 Å². The maximum absolute atomic E-state index is 11.5. The molecule has 0 spiro atoms. The largest absolute Gasteiger partial charge is 0.467 e. The fourth-order valence-corrected chi connectivity index (χ4v) is 1.81. The van der Waals surface area contributed by atoms with Crippen LogP contribution >= 0.6 is 24.0 Å². The van der Waals surface area contributed by atoms with Crippen molar-refractivity contribution in [3.8, 4) is 0 Å². The van der Waals surface area contributed by atoms with Gasteiger partial charge in [0.15, 0.2) is 5.96 Å². The summed E-state index contributed by atoms with van der Waals surface area (Å²) in [6, 6.07) is 3.58. The Morgan fingerprint density at radius 1 is 1.45 bits per heavy atom. The van der Waals surface area contributed by atoms with E-state index in [1.807, 2.05) is 0 Å². The van der Waals surface area contributed by atoms with Crippen LogP contribution in [0, 0.1) is 5.92 Å². The monoisotopic (exact) mass is 392 g/mol. The molecule has 0 aliphatic heterocycles. The van der Waals surface area contributed by atoms with Crippen LogP contribution in [0.5, 0.6) is 0 Å². The van der Waals surface area contributed by atoms with Crippen molar-refractivity contribution >= 4 is 35.8 Å². The van der Waals surface area contributed by atoms with Crippen LogP contribution in [0.3, 0.4) is 0 Å². The van der Waals surface area contributed by atoms with E-state index in [9.17, 15) is 4.79 Å². The maximum atomic E-state index is 11.5. The van der Waals surface area contributed by atoms with Crippen molar-refractivity contribution in [2.75, 3.05) is 13.1 Å². The van der Waals surface area contributed by atoms with Crippen molar-refractivity contribution in [1.29, 1.82) is 0 Å². The molecule has 1 aliphatic rings. The van der Waals surface area contributed by atoms with Gasteiger partial charge < -0.3 is 20.8 Å². The van der Waals surface area contributed by atoms with E-state index in [1.165, 1.54) is 19.3 Å². The zero-order valence-corrected chi connectivity index (χ0v) is 13.6. The predicted octanol–water partition coefficient (Wildman–Crippen LogP) is 1.22. The smallest absolute Gasteiger partial charge is 0.242 e. The third-order valence-electron chi connectivity index (χ3n) is 3.23. The van der Waals surface area contributed by atoms with Gasteiger partial charge in [-0.25, -0.2) is 4.99 Å². The molecule has 0 aromatic carbocycles. The van der Waals surface area contributed by atoms with Crippen LogP contribution in [0.2, 0.25) is 0 Å². The van der Waals surface area contributed by atoms with E-state index >= 15 is 0 Å². The van der Waals surface area contributed by atoms with Gasteiger partial charge in [-0.2, -0.15) is 0 Å². The summed E-state index contributed by atoms with van der Waals surface area (Å²) < 4.78 is 5.11. The molecular formula is C13H21IN4O2. The van der Waals surface area contributed by atoms with Gasteiger partial charge in [0.05, 0.1) is 12.8 Å². The molecule has 2 rings (SSSR count). The molecule has 4 N–H and O–H groups in total. The van der Waals surface area contributed by atoms with Gasteiger partial charge in [-0.1, -0.05) is 6.42 Å². The normalized spacial score (nSPS) is 15.1. The number of carbonyl (C=O) groups excluding carboxylic acids is 1. The van der Waals surface area contributed by atoms with Crippen LogP contribution in [-0.2, 0) is 11.3 Å². The Kier molecular flexibility index (Phi) is 7.42. The number of amides is 1. The number of hydrogen-bond donors (Lipinski definition) is 3. The number of furan rings is 1. The number of rotatable bonds is 6. The summed E-state index contributed by atoms with van der Waals surface area (Å²) in [6.45, 7) is 1.25. The quantitative estimate of drug-likeness (QED) is 0.386. The number of carbonyl (C=O) groups is 1. The van der Waals surface area contributed by atoms with Crippen LogP contribution in [0.4, 0.5) is 0 Å². The zero-order chi connectivity index (χ0) is 13.5. The number of hydrogen-bond acceptors (Lipinski definition) is 3. The molecule has 1 aromatic rings. The third-order valence-corrected chi connectivity index (χ3v) is 3.23. The molecule has 0 radical (unpaired) electrons. The second-order valence-corrected chi connectivity index (χ2v) is 4.74. The van der Waals surface area contributed by atoms with Gasteiger partial charge in [0, 0.05) is 6.54 Å². The van der Waals surface area contributed by atoms with Gasteiger partial charge in [0.25, 0.3) is 0 Å². The Morgan fingerprint density at radius 3 is 2.85 bits per heavy atom. The van der Waals surface area contributed by atoms with Gasteiger partial charge in [-0.15, -0.1) is 24.0 Å². The average Bonchev–Trinajstić information content (AvgIpc) is 2.85. The molecule has 1 amide bonds. The number of nitrogens with zero attached hydrogens (tertiary/aromatic N) is 1. The second-order valence-electron chi connectivity index (χ2n) is 4.74. The highest BCUT2D eigenvalue weighted by Gasteiger charge is 2.16. The van der Waals surface area contributed by atoms with E-state index in [4.69, 9.17) is 10.2 Å². The zero-order valence-electron chi connectivity index (χ0n) is 11.3. The molecule has 6 nitrogen and oxygen atoms in total. The van der Waals surface area contributed by atoms with Gasteiger partial charge in [0.1, 0.15) is 12.3 Å². The molecule has 0 unspecified atom stereocenters. The van der Waals surface area contributed by atoms with Crippen molar-refractivity contribution in [3.05, 3.63) is 24.2 Å². The molecule has 0 bridgehead atoms. The summed E-state index contributed by atoms with van der Waals surface area (Å²) in [5, 5.41) is 5.74. The minimum absolute atomic E-state index is 0. The number of aliphatic imine (C=N–C) groups is 1. The van der Waals surface area contributed by atoms with Crippen molar-refractivity contribution < 1.29 is 9.21 Å². The van der Waals surface area contributed by atoms with E-state index in [1.54, 1.807) is 18.4 Å². The van der Waals surface area contributed by atoms with E-state index < -0.39 is 0 Å². The van der Waals surface area contributed by atoms with Crippen LogP contribution in [0.25, 0.3) is 0 Å². The molecule has 7 heteroatoms. The summed E-state index contributed by atoms with van der Waals surface area (Å²) in [5.74, 6) is 1.58. The van der Waals surface area contributed by atoms with Crippen molar-refractivity contribution in [2.24, 2.45) is 16.6 Å². The van der Waals surface area contributed by atoms with Crippen LogP contribution in [-0.4, -0.2) is 25.0 Å². The molecule has 1 aromatic heterocycles. The van der Waals surface area contributed by atoms with E-state index in [0.717, 1.165) is 6.54 Å². The number of nitrogens with one attached hydrogen (secondary N) is 2. The lowest BCUT2D eigenvalue weighted by Crippen LogP contribution is -2.38. The summed E-state index contributed by atoms with van der Waals surface area (Å²) >= 11 is 0. The average molecular weight is 392 g/mol. The lowest BCUT2D eigenvalue weighted by atomic mass is 9.85. The van der Waals surface area contributed by atoms with Crippen molar-refractivity contribution in [1.82, 2.24) is 10.6 Å².